The van der Waals surface area contributed by atoms with Crippen LogP contribution in [-0.4, -0.2) is 18.9 Å². The van der Waals surface area contributed by atoms with Crippen LogP contribution in [0.25, 0.3) is 0 Å². The minimum absolute atomic E-state index is 0.0625. The lowest BCUT2D eigenvalue weighted by Crippen LogP contribution is -1.98. The van der Waals surface area contributed by atoms with Crippen molar-refractivity contribution in [2.24, 2.45) is 0 Å². The summed E-state index contributed by atoms with van der Waals surface area (Å²) < 4.78 is 36.9. The highest BCUT2D eigenvalue weighted by Gasteiger charge is 2.19. The van der Waals surface area contributed by atoms with Crippen molar-refractivity contribution in [3.63, 3.8) is 0 Å². The first-order valence-corrected chi connectivity index (χ1v) is 3.31. The van der Waals surface area contributed by atoms with Crippen LogP contribution in [-0.2, 0) is 4.74 Å². The van der Waals surface area contributed by atoms with E-state index in [1.54, 1.807) is 0 Å². The van der Waals surface area contributed by atoms with Gasteiger partial charge in [0.2, 0.25) is 0 Å². The van der Waals surface area contributed by atoms with Gasteiger partial charge >= 0.3 is 6.18 Å². The van der Waals surface area contributed by atoms with Crippen molar-refractivity contribution in [1.82, 2.24) is 0 Å². The van der Waals surface area contributed by atoms with Gasteiger partial charge in [-0.15, -0.1) is 0 Å². The van der Waals surface area contributed by atoms with Gasteiger partial charge in [-0.3, -0.25) is 0 Å². The molecule has 0 aliphatic carbocycles. The van der Waals surface area contributed by atoms with Crippen LogP contribution < -0.4 is 0 Å². The van der Waals surface area contributed by atoms with Gasteiger partial charge in [-0.05, 0) is 6.42 Å². The Morgan fingerprint density at radius 1 is 1.64 bits per heavy atom. The second kappa shape index (κ2) is 4.38. The Bertz CT molecular complexity index is 115. The molecule has 0 aromatic carbocycles. The van der Waals surface area contributed by atoms with Crippen molar-refractivity contribution in [2.45, 2.75) is 25.6 Å². The smallest absolute Gasteiger partial charge is 0.373 e. The summed E-state index contributed by atoms with van der Waals surface area (Å²) >= 11 is 0. The largest absolute Gasteiger partial charge is 0.409 e. The second-order valence-electron chi connectivity index (χ2n) is 2.11. The topological polar surface area (TPSA) is 12.5 Å². The Morgan fingerprint density at radius 2 is 2.00 bits per heavy atom. The molecule has 0 radical (unpaired) electrons. The van der Waals surface area contributed by atoms with E-state index in [2.05, 4.69) is 13.5 Å². The highest BCUT2D eigenvalue weighted by molar-refractivity contribution is 4.75. The zero-order valence-electron chi connectivity index (χ0n) is 6.32. The quantitative estimate of drug-likeness (QED) is 0.433. The standard InChI is InChI=1S/C4H8O.C3H3F3/c1-2-4-3-5-4;1-2-3(4,5)6/h4H,2-3H2,1H3;2H,1H2. The first-order chi connectivity index (χ1) is 4.99. The van der Waals surface area contributed by atoms with E-state index in [1.165, 1.54) is 6.42 Å². The van der Waals surface area contributed by atoms with Gasteiger partial charge in [-0.25, -0.2) is 0 Å². The van der Waals surface area contributed by atoms with Crippen molar-refractivity contribution in [3.05, 3.63) is 12.7 Å². The molecule has 0 N–H and O–H groups in total. The third kappa shape index (κ3) is 9.49. The minimum atomic E-state index is -4.19. The summed E-state index contributed by atoms with van der Waals surface area (Å²) in [6.07, 6.45) is -2.43. The van der Waals surface area contributed by atoms with Crippen LogP contribution >= 0.6 is 0 Å². The second-order valence-corrected chi connectivity index (χ2v) is 2.11. The van der Waals surface area contributed by atoms with E-state index in [4.69, 9.17) is 4.74 Å². The van der Waals surface area contributed by atoms with Gasteiger partial charge in [-0.1, -0.05) is 13.5 Å². The van der Waals surface area contributed by atoms with E-state index in [1.807, 2.05) is 0 Å². The number of hydrogen-bond acceptors (Lipinski definition) is 1. The maximum Gasteiger partial charge on any atom is 0.409 e. The van der Waals surface area contributed by atoms with Crippen LogP contribution in [0.2, 0.25) is 0 Å². The van der Waals surface area contributed by atoms with Crippen molar-refractivity contribution >= 4 is 0 Å². The maximum absolute atomic E-state index is 10.7. The van der Waals surface area contributed by atoms with Gasteiger partial charge in [0.15, 0.2) is 0 Å². The highest BCUT2D eigenvalue weighted by Crippen LogP contribution is 2.13. The Hall–Kier alpha value is -0.510. The molecule has 0 amide bonds. The molecular formula is C7H11F3O. The van der Waals surface area contributed by atoms with E-state index in [0.717, 1.165) is 6.61 Å². The average molecular weight is 168 g/mol. The Balaban J connectivity index is 0.000000183. The summed E-state index contributed by atoms with van der Waals surface area (Å²) in [4.78, 5) is 0. The van der Waals surface area contributed by atoms with Crippen molar-refractivity contribution in [3.8, 4) is 0 Å². The van der Waals surface area contributed by atoms with E-state index in [-0.39, 0.29) is 6.08 Å². The van der Waals surface area contributed by atoms with Crippen LogP contribution in [0.5, 0.6) is 0 Å². The molecule has 1 fully saturated rings. The summed E-state index contributed by atoms with van der Waals surface area (Å²) in [6, 6.07) is 0. The maximum atomic E-state index is 10.7. The summed E-state index contributed by atoms with van der Waals surface area (Å²) in [5.41, 5.74) is 0. The van der Waals surface area contributed by atoms with E-state index in [9.17, 15) is 13.2 Å². The molecule has 1 aliphatic heterocycles. The van der Waals surface area contributed by atoms with E-state index < -0.39 is 6.18 Å². The zero-order valence-corrected chi connectivity index (χ0v) is 6.32. The molecule has 1 atom stereocenters. The molecule has 1 rings (SSSR count). The number of epoxide rings is 1. The molecule has 0 bridgehead atoms. The van der Waals surface area contributed by atoms with Crippen molar-refractivity contribution < 1.29 is 17.9 Å². The van der Waals surface area contributed by atoms with Gasteiger partial charge in [-0.2, -0.15) is 13.2 Å². The molecule has 1 unspecified atom stereocenters. The zero-order chi connectivity index (χ0) is 8.91. The first kappa shape index (κ1) is 10.5. The number of alkyl halides is 3. The van der Waals surface area contributed by atoms with Crippen LogP contribution in [0, 0.1) is 0 Å². The van der Waals surface area contributed by atoms with Gasteiger partial charge in [0.25, 0.3) is 0 Å². The van der Waals surface area contributed by atoms with Gasteiger partial charge in [0.05, 0.1) is 12.7 Å². The lowest BCUT2D eigenvalue weighted by atomic mass is 10.4. The molecule has 0 saturated carbocycles. The Labute approximate surface area is 63.8 Å². The van der Waals surface area contributed by atoms with E-state index >= 15 is 0 Å². The molecule has 1 aliphatic rings. The minimum Gasteiger partial charge on any atom is -0.373 e. The summed E-state index contributed by atoms with van der Waals surface area (Å²) in [5.74, 6) is 0. The van der Waals surface area contributed by atoms with Gasteiger partial charge in [0, 0.05) is 6.08 Å². The predicted molar refractivity (Wildman–Crippen MR) is 36.3 cm³/mol. The fourth-order valence-corrected chi connectivity index (χ4v) is 0.304. The van der Waals surface area contributed by atoms with Gasteiger partial charge < -0.3 is 4.74 Å². The lowest BCUT2D eigenvalue weighted by Gasteiger charge is -1.91. The normalized spacial score (nSPS) is 21.6. The Kier molecular flexibility index (Phi) is 4.18. The number of hydrogen-bond donors (Lipinski definition) is 0. The molecule has 1 saturated heterocycles. The van der Waals surface area contributed by atoms with E-state index in [0.29, 0.717) is 6.10 Å². The third-order valence-corrected chi connectivity index (χ3v) is 1.09. The molecule has 0 aromatic heterocycles. The fraction of sp³-hybridized carbons (Fsp3) is 0.714. The van der Waals surface area contributed by atoms with Crippen LogP contribution in [0.4, 0.5) is 13.2 Å². The molecule has 1 heterocycles. The summed E-state index contributed by atoms with van der Waals surface area (Å²) in [7, 11) is 0. The van der Waals surface area contributed by atoms with Crippen LogP contribution in [0.3, 0.4) is 0 Å². The molecule has 0 spiro atoms. The Morgan fingerprint density at radius 3 is 2.00 bits per heavy atom. The average Bonchev–Trinajstić information content (AvgIpc) is 2.69. The summed E-state index contributed by atoms with van der Waals surface area (Å²) in [6.45, 7) is 5.65. The number of ether oxygens (including phenoxy) is 1. The first-order valence-electron chi connectivity index (χ1n) is 3.31. The van der Waals surface area contributed by atoms with Crippen LogP contribution in [0.15, 0.2) is 12.7 Å². The van der Waals surface area contributed by atoms with Crippen LogP contribution in [0.1, 0.15) is 13.3 Å². The molecule has 4 heteroatoms. The summed E-state index contributed by atoms with van der Waals surface area (Å²) in [5, 5.41) is 0. The monoisotopic (exact) mass is 168 g/mol. The van der Waals surface area contributed by atoms with Crippen molar-refractivity contribution in [1.29, 1.82) is 0 Å². The fourth-order valence-electron chi connectivity index (χ4n) is 0.304. The number of rotatable bonds is 1. The van der Waals surface area contributed by atoms with Crippen molar-refractivity contribution in [2.75, 3.05) is 6.61 Å². The molecule has 1 nitrogen and oxygen atoms in total. The predicted octanol–water partition coefficient (Wildman–Crippen LogP) is 2.53. The highest BCUT2D eigenvalue weighted by atomic mass is 19.4. The SMILES string of the molecule is C=CC(F)(F)F.CCC1CO1. The third-order valence-electron chi connectivity index (χ3n) is 1.09. The number of allylic oxidation sites excluding steroid dienone is 1. The number of halogens is 3. The molecule has 66 valence electrons. The molecule has 11 heavy (non-hydrogen) atoms. The van der Waals surface area contributed by atoms with Gasteiger partial charge in [0.1, 0.15) is 0 Å². The lowest BCUT2D eigenvalue weighted by molar-refractivity contribution is -0.0795. The molecular weight excluding hydrogens is 157 g/mol. The molecule has 0 aromatic rings.